The lowest BCUT2D eigenvalue weighted by Gasteiger charge is -2.68. The Morgan fingerprint density at radius 1 is 1.12 bits per heavy atom. The van der Waals surface area contributed by atoms with Gasteiger partial charge in [0, 0.05) is 5.41 Å². The minimum absolute atomic E-state index is 0.256. The molecule has 0 N–H and O–H groups in total. The van der Waals surface area contributed by atoms with E-state index < -0.39 is 14.9 Å². The minimum atomic E-state index is -1.89. The molecule has 0 aromatic heterocycles. The first-order valence-electron chi connectivity index (χ1n) is 9.60. The van der Waals surface area contributed by atoms with Crippen LogP contribution in [-0.2, 0) is 9.47 Å². The molecule has 0 bridgehead atoms. The fourth-order valence-corrected chi connectivity index (χ4v) is 8.13. The van der Waals surface area contributed by atoms with Crippen molar-refractivity contribution in [1.29, 1.82) is 0 Å². The summed E-state index contributed by atoms with van der Waals surface area (Å²) in [5, 5.41) is 0.675. The van der Waals surface area contributed by atoms with Gasteiger partial charge in [0.2, 0.25) is 0 Å². The quantitative estimate of drug-likeness (QED) is 0.554. The van der Waals surface area contributed by atoms with Crippen molar-refractivity contribution in [3.05, 3.63) is 12.2 Å². The molecule has 1 aliphatic heterocycles. The van der Waals surface area contributed by atoms with Crippen molar-refractivity contribution < 1.29 is 9.47 Å². The fourth-order valence-electron chi connectivity index (χ4n) is 5.29. The zero-order valence-corrected chi connectivity index (χ0v) is 18.3. The second-order valence-corrected chi connectivity index (χ2v) is 19.7. The van der Waals surface area contributed by atoms with E-state index in [2.05, 4.69) is 66.9 Å². The zero-order valence-electron chi connectivity index (χ0n) is 17.4. The number of hydrogen-bond acceptors (Lipinski definition) is 2. The summed E-state index contributed by atoms with van der Waals surface area (Å²) in [5.74, 6) is 0.159. The first-order chi connectivity index (χ1) is 10.6. The second kappa shape index (κ2) is 4.84. The first kappa shape index (κ1) is 18.8. The van der Waals surface area contributed by atoms with Gasteiger partial charge >= 0.3 is 0 Å². The van der Waals surface area contributed by atoms with E-state index >= 15 is 0 Å². The lowest BCUT2D eigenvalue weighted by molar-refractivity contribution is -0.173. The van der Waals surface area contributed by atoms with Crippen molar-refractivity contribution >= 4 is 9.16 Å². The summed E-state index contributed by atoms with van der Waals surface area (Å²) in [4.78, 5) is 0. The largest absolute Gasteiger partial charge is 0.344 e. The van der Waals surface area contributed by atoms with E-state index in [0.29, 0.717) is 21.3 Å². The molecule has 0 unspecified atom stereocenters. The third-order valence-corrected chi connectivity index (χ3v) is 16.5. The zero-order chi connectivity index (χ0) is 18.4. The molecule has 2 saturated carbocycles. The number of ether oxygens (including phenoxy) is 2. The van der Waals surface area contributed by atoms with Gasteiger partial charge in [0.15, 0.2) is 5.79 Å². The van der Waals surface area contributed by atoms with Crippen molar-refractivity contribution in [2.24, 2.45) is 11.3 Å². The summed E-state index contributed by atoms with van der Waals surface area (Å²) in [6.07, 6.45) is 11.8. The van der Waals surface area contributed by atoms with Gasteiger partial charge in [-0.2, -0.15) is 0 Å². The highest BCUT2D eigenvalue weighted by molar-refractivity contribution is 8.49. The number of rotatable bonds is 2. The maximum Gasteiger partial charge on any atom is 0.163 e. The molecule has 2 aliphatic carbocycles. The molecule has 3 fully saturated rings. The van der Waals surface area contributed by atoms with Gasteiger partial charge in [0.25, 0.3) is 0 Å². The maximum atomic E-state index is 6.49. The number of hydrogen-bond donors (Lipinski definition) is 1. The fraction of sp³-hybridized carbons (Fsp3) is 0.905. The van der Waals surface area contributed by atoms with E-state index in [0.717, 1.165) is 12.8 Å². The Morgan fingerprint density at radius 3 is 2.12 bits per heavy atom. The Kier molecular flexibility index (Phi) is 3.79. The lowest BCUT2D eigenvalue weighted by atomic mass is 9.63. The van der Waals surface area contributed by atoms with Crippen LogP contribution in [0.5, 0.6) is 0 Å². The molecule has 0 aromatic rings. The average Bonchev–Trinajstić information content (AvgIpc) is 2.79. The highest BCUT2D eigenvalue weighted by Gasteiger charge is 2.66. The molecule has 142 valence electrons. The second-order valence-electron chi connectivity index (χ2n) is 11.7. The van der Waals surface area contributed by atoms with Gasteiger partial charge in [-0.1, -0.05) is 39.8 Å². The van der Waals surface area contributed by atoms with E-state index in [9.17, 15) is 0 Å². The summed E-state index contributed by atoms with van der Waals surface area (Å²) in [7, 11) is -1.89. The van der Waals surface area contributed by atoms with Crippen LogP contribution in [0.3, 0.4) is 0 Å². The third-order valence-electron chi connectivity index (χ3n) is 8.45. The molecule has 3 aliphatic rings. The highest BCUT2D eigenvalue weighted by atomic mass is 32.3. The lowest BCUT2D eigenvalue weighted by Crippen LogP contribution is -2.47. The van der Waals surface area contributed by atoms with E-state index in [1.165, 1.54) is 12.0 Å². The van der Waals surface area contributed by atoms with Crippen molar-refractivity contribution in [1.82, 2.24) is 0 Å². The molecule has 4 atom stereocenters. The van der Waals surface area contributed by atoms with Crippen molar-refractivity contribution in [3.63, 3.8) is 0 Å². The molecule has 0 radical (unpaired) electrons. The van der Waals surface area contributed by atoms with Gasteiger partial charge in [-0.3, -0.25) is 9.16 Å². The number of fused-ring (bicyclic) bond motifs is 2. The molecule has 3 heteroatoms. The Balaban J connectivity index is 1.95. The van der Waals surface area contributed by atoms with Crippen LogP contribution in [0.4, 0.5) is 0 Å². The van der Waals surface area contributed by atoms with Gasteiger partial charge in [0.05, 0.1) is 12.2 Å². The summed E-state index contributed by atoms with van der Waals surface area (Å²) in [6, 6.07) is 0. The van der Waals surface area contributed by atoms with Gasteiger partial charge in [-0.05, 0) is 67.8 Å². The molecule has 1 saturated heterocycles. The smallest absolute Gasteiger partial charge is 0.163 e. The van der Waals surface area contributed by atoms with Crippen molar-refractivity contribution in [2.75, 3.05) is 18.8 Å². The average molecular weight is 357 g/mol. The predicted octanol–water partition coefficient (Wildman–Crippen LogP) is 5.01. The summed E-state index contributed by atoms with van der Waals surface area (Å²) in [6.45, 7) is 18.2. The van der Waals surface area contributed by atoms with Crippen molar-refractivity contribution in [2.45, 2.75) is 88.8 Å². The topological polar surface area (TPSA) is 18.5 Å². The highest BCUT2D eigenvalue weighted by Crippen LogP contribution is 2.76. The molecular formula is C21H40O2S. The first-order valence-corrected chi connectivity index (χ1v) is 13.2. The van der Waals surface area contributed by atoms with Crippen LogP contribution in [-0.4, -0.2) is 46.8 Å². The van der Waals surface area contributed by atoms with Crippen LogP contribution in [0.2, 0.25) is 0 Å². The van der Waals surface area contributed by atoms with Crippen molar-refractivity contribution in [3.8, 4) is 0 Å². The monoisotopic (exact) mass is 356 g/mol. The Hall–Kier alpha value is 0.01000. The van der Waals surface area contributed by atoms with Crippen LogP contribution >= 0.6 is 9.16 Å². The Bertz CT molecular complexity index is 553. The van der Waals surface area contributed by atoms with Crippen LogP contribution in [0, 0.1) is 11.3 Å². The molecule has 1 heterocycles. The molecule has 24 heavy (non-hydrogen) atoms. The van der Waals surface area contributed by atoms with Gasteiger partial charge in [-0.15, -0.1) is 0 Å². The van der Waals surface area contributed by atoms with Gasteiger partial charge < -0.3 is 9.47 Å². The summed E-state index contributed by atoms with van der Waals surface area (Å²) < 4.78 is 13.3. The molecule has 0 aromatic carbocycles. The third kappa shape index (κ3) is 2.45. The SMILES string of the molecule is C=C1CC2(C1)C[C@H]([C@@H](C)[SH](C)(C)(C)C(C)(C)C)[C@@H]1OC(C)(C)O[C@@H]12. The van der Waals surface area contributed by atoms with Crippen LogP contribution < -0.4 is 0 Å². The van der Waals surface area contributed by atoms with Gasteiger partial charge in [0.1, 0.15) is 0 Å². The number of thiol groups is 1. The van der Waals surface area contributed by atoms with Crippen LogP contribution in [0.1, 0.15) is 60.8 Å². The van der Waals surface area contributed by atoms with E-state index in [4.69, 9.17) is 9.47 Å². The molecule has 2 nitrogen and oxygen atoms in total. The van der Waals surface area contributed by atoms with E-state index in [-0.39, 0.29) is 12.2 Å². The van der Waals surface area contributed by atoms with E-state index in [1.54, 1.807) is 0 Å². The Morgan fingerprint density at radius 2 is 1.67 bits per heavy atom. The molecule has 3 rings (SSSR count). The van der Waals surface area contributed by atoms with Gasteiger partial charge in [-0.25, -0.2) is 0 Å². The van der Waals surface area contributed by atoms with Crippen LogP contribution in [0.15, 0.2) is 12.2 Å². The molecule has 0 amide bonds. The number of allylic oxidation sites excluding steroid dienone is 1. The predicted molar refractivity (Wildman–Crippen MR) is 109 cm³/mol. The van der Waals surface area contributed by atoms with Crippen LogP contribution in [0.25, 0.3) is 0 Å². The molecular weight excluding hydrogens is 316 g/mol. The normalized spacial score (nSPS) is 37.6. The summed E-state index contributed by atoms with van der Waals surface area (Å²) in [5.41, 5.74) is 1.69. The molecule has 1 spiro atoms. The standard InChI is InChI=1S/C21H40O2S/c1-14-11-21(12-14)13-16(17-18(21)23-20(6,7)22-17)15(2)24(8,9,10)19(3,4)5/h15-18,24H,1,11-13H2,2-10H3/t15-,16-,17+,18+/m1/s1. The summed E-state index contributed by atoms with van der Waals surface area (Å²) >= 11 is 0. The maximum absolute atomic E-state index is 6.49. The Labute approximate surface area is 150 Å². The van der Waals surface area contributed by atoms with E-state index in [1.807, 2.05) is 0 Å². The minimum Gasteiger partial charge on any atom is -0.344 e.